The van der Waals surface area contributed by atoms with E-state index < -0.39 is 0 Å². The van der Waals surface area contributed by atoms with Crippen LogP contribution >= 0.6 is 0 Å². The van der Waals surface area contributed by atoms with Crippen LogP contribution in [-0.4, -0.2) is 5.71 Å². The topological polar surface area (TPSA) is 12.4 Å². The average molecular weight is 325 g/mol. The minimum absolute atomic E-state index is 0.959. The van der Waals surface area contributed by atoms with E-state index in [1.54, 1.807) is 0 Å². The molecule has 0 amide bonds. The van der Waals surface area contributed by atoms with Crippen LogP contribution in [0, 0.1) is 6.92 Å². The zero-order chi connectivity index (χ0) is 17.4. The number of hydrogen-bond acceptors (Lipinski definition) is 1. The van der Waals surface area contributed by atoms with Crippen LogP contribution in [0.1, 0.15) is 36.1 Å². The summed E-state index contributed by atoms with van der Waals surface area (Å²) in [4.78, 5) is 5.07. The quantitative estimate of drug-likeness (QED) is 0.514. The van der Waals surface area contributed by atoms with Crippen molar-refractivity contribution >= 4 is 27.7 Å². The number of para-hydroxylation sites is 1. The third-order valence-electron chi connectivity index (χ3n) is 5.30. The highest BCUT2D eigenvalue weighted by molar-refractivity contribution is 6.01. The predicted octanol–water partition coefficient (Wildman–Crippen LogP) is 6.44. The van der Waals surface area contributed by atoms with E-state index in [-0.39, 0.29) is 0 Å². The van der Waals surface area contributed by atoms with Gasteiger partial charge in [-0.1, -0.05) is 54.6 Å². The molecule has 3 aromatic rings. The van der Waals surface area contributed by atoms with Crippen LogP contribution in [0.15, 0.2) is 65.7 Å². The lowest BCUT2D eigenvalue weighted by Crippen LogP contribution is -1.96. The predicted molar refractivity (Wildman–Crippen MR) is 109 cm³/mol. The van der Waals surface area contributed by atoms with Gasteiger partial charge in [-0.25, -0.2) is 0 Å². The third-order valence-corrected chi connectivity index (χ3v) is 5.30. The van der Waals surface area contributed by atoms with E-state index in [2.05, 4.69) is 81.4 Å². The zero-order valence-corrected chi connectivity index (χ0v) is 15.1. The molecule has 0 aliphatic heterocycles. The van der Waals surface area contributed by atoms with Crippen molar-refractivity contribution in [3.8, 4) is 0 Å². The molecule has 0 radical (unpaired) electrons. The normalized spacial score (nSPS) is 15.8. The molecule has 0 saturated heterocycles. The molecule has 0 atom stereocenters. The minimum atomic E-state index is 0.959. The van der Waals surface area contributed by atoms with E-state index in [0.29, 0.717) is 0 Å². The van der Waals surface area contributed by atoms with Crippen LogP contribution in [0.5, 0.6) is 0 Å². The van der Waals surface area contributed by atoms with Crippen LogP contribution in [0.3, 0.4) is 0 Å². The lowest BCUT2D eigenvalue weighted by Gasteiger charge is -2.07. The van der Waals surface area contributed by atoms with Crippen molar-refractivity contribution in [2.24, 2.45) is 4.99 Å². The molecule has 0 saturated carbocycles. The Morgan fingerprint density at radius 2 is 1.68 bits per heavy atom. The van der Waals surface area contributed by atoms with Crippen molar-refractivity contribution in [3.05, 3.63) is 82.9 Å². The molecule has 1 aliphatic carbocycles. The Morgan fingerprint density at radius 3 is 2.52 bits per heavy atom. The molecule has 124 valence electrons. The van der Waals surface area contributed by atoms with Crippen molar-refractivity contribution in [2.45, 2.75) is 33.6 Å². The molecule has 0 fully saturated rings. The van der Waals surface area contributed by atoms with Gasteiger partial charge in [0.2, 0.25) is 0 Å². The van der Waals surface area contributed by atoms with Gasteiger partial charge in [-0.2, -0.15) is 0 Å². The molecule has 0 heterocycles. The van der Waals surface area contributed by atoms with Crippen LogP contribution in [0.4, 0.5) is 5.69 Å². The lowest BCUT2D eigenvalue weighted by molar-refractivity contribution is 1.29. The SMILES string of the molecule is C/C=C(/C)c1ccccc1N=C1Cc2c(C)cc3ccccc3c2C1. The Bertz CT molecular complexity index is 1020. The van der Waals surface area contributed by atoms with E-state index in [9.17, 15) is 0 Å². The number of nitrogens with zero attached hydrogens (tertiary/aromatic N) is 1. The number of hydrogen-bond donors (Lipinski definition) is 0. The fraction of sp³-hybridized carbons (Fsp3) is 0.208. The van der Waals surface area contributed by atoms with E-state index in [1.807, 2.05) is 0 Å². The molecule has 0 spiro atoms. The van der Waals surface area contributed by atoms with Crippen molar-refractivity contribution in [1.82, 2.24) is 0 Å². The molecule has 0 aromatic heterocycles. The molecular formula is C24H23N. The molecule has 4 rings (SSSR count). The van der Waals surface area contributed by atoms with E-state index in [0.717, 1.165) is 18.5 Å². The smallest absolute Gasteiger partial charge is 0.0704 e. The largest absolute Gasteiger partial charge is 0.257 e. The highest BCUT2D eigenvalue weighted by Gasteiger charge is 2.21. The van der Waals surface area contributed by atoms with Crippen molar-refractivity contribution in [1.29, 1.82) is 0 Å². The molecule has 1 heteroatoms. The Hall–Kier alpha value is -2.67. The summed E-state index contributed by atoms with van der Waals surface area (Å²) < 4.78 is 0. The molecule has 0 bridgehead atoms. The van der Waals surface area contributed by atoms with Gasteiger partial charge < -0.3 is 0 Å². The maximum atomic E-state index is 5.07. The second kappa shape index (κ2) is 6.33. The third kappa shape index (κ3) is 2.80. The molecular weight excluding hydrogens is 302 g/mol. The molecule has 0 N–H and O–H groups in total. The summed E-state index contributed by atoms with van der Waals surface area (Å²) in [5, 5.41) is 2.72. The highest BCUT2D eigenvalue weighted by Crippen LogP contribution is 2.34. The van der Waals surface area contributed by atoms with Gasteiger partial charge in [0.05, 0.1) is 5.69 Å². The molecule has 1 aliphatic rings. The fourth-order valence-corrected chi connectivity index (χ4v) is 3.85. The van der Waals surface area contributed by atoms with Crippen LogP contribution in [-0.2, 0) is 12.8 Å². The van der Waals surface area contributed by atoms with Gasteiger partial charge in [0.25, 0.3) is 0 Å². The van der Waals surface area contributed by atoms with Gasteiger partial charge in [0, 0.05) is 24.1 Å². The van der Waals surface area contributed by atoms with Gasteiger partial charge in [-0.05, 0) is 59.9 Å². The Balaban J connectivity index is 1.79. The molecule has 0 unspecified atom stereocenters. The van der Waals surface area contributed by atoms with Gasteiger partial charge >= 0.3 is 0 Å². The van der Waals surface area contributed by atoms with Crippen molar-refractivity contribution in [3.63, 3.8) is 0 Å². The van der Waals surface area contributed by atoms with Crippen molar-refractivity contribution in [2.75, 3.05) is 0 Å². The highest BCUT2D eigenvalue weighted by atomic mass is 14.8. The van der Waals surface area contributed by atoms with Crippen LogP contribution in [0.2, 0.25) is 0 Å². The van der Waals surface area contributed by atoms with Crippen LogP contribution < -0.4 is 0 Å². The second-order valence-corrected chi connectivity index (χ2v) is 6.89. The van der Waals surface area contributed by atoms with E-state index in [4.69, 9.17) is 4.99 Å². The fourth-order valence-electron chi connectivity index (χ4n) is 3.85. The summed E-state index contributed by atoms with van der Waals surface area (Å²) in [5.74, 6) is 0. The molecule has 25 heavy (non-hydrogen) atoms. The van der Waals surface area contributed by atoms with E-state index in [1.165, 1.54) is 44.3 Å². The van der Waals surface area contributed by atoms with Gasteiger partial charge in [0.1, 0.15) is 0 Å². The summed E-state index contributed by atoms with van der Waals surface area (Å²) >= 11 is 0. The summed E-state index contributed by atoms with van der Waals surface area (Å²) in [6.45, 7) is 6.46. The summed E-state index contributed by atoms with van der Waals surface area (Å²) in [5.41, 5.74) is 9.19. The number of fused-ring (bicyclic) bond motifs is 3. The zero-order valence-electron chi connectivity index (χ0n) is 15.1. The second-order valence-electron chi connectivity index (χ2n) is 6.89. The average Bonchev–Trinajstić information content (AvgIpc) is 3.06. The number of allylic oxidation sites excluding steroid dienone is 2. The number of rotatable bonds is 2. The number of benzene rings is 3. The standard InChI is InChI=1S/C24H23N/c1-4-16(2)20-10-7-8-12-24(20)25-19-14-22-17(3)13-18-9-5-6-11-21(18)23(22)15-19/h4-13H,14-15H2,1-3H3/b16-4-,25-19?. The Kier molecular flexibility index (Phi) is 4.01. The maximum absolute atomic E-state index is 5.07. The first-order chi connectivity index (χ1) is 12.2. The number of aliphatic imine (C=N–C) groups is 1. The lowest BCUT2D eigenvalue weighted by atomic mass is 9.97. The Morgan fingerprint density at radius 1 is 0.960 bits per heavy atom. The van der Waals surface area contributed by atoms with Gasteiger partial charge in [-0.15, -0.1) is 0 Å². The summed E-state index contributed by atoms with van der Waals surface area (Å²) in [7, 11) is 0. The van der Waals surface area contributed by atoms with Gasteiger partial charge in [0.15, 0.2) is 0 Å². The number of aryl methyl sites for hydroxylation is 1. The maximum Gasteiger partial charge on any atom is 0.0704 e. The minimum Gasteiger partial charge on any atom is -0.257 e. The monoisotopic (exact) mass is 325 g/mol. The molecule has 3 aromatic carbocycles. The Labute approximate surface area is 149 Å². The van der Waals surface area contributed by atoms with Crippen molar-refractivity contribution < 1.29 is 0 Å². The first kappa shape index (κ1) is 15.8. The van der Waals surface area contributed by atoms with Gasteiger partial charge in [-0.3, -0.25) is 4.99 Å². The first-order valence-electron chi connectivity index (χ1n) is 8.96. The van der Waals surface area contributed by atoms with E-state index >= 15 is 0 Å². The first-order valence-corrected chi connectivity index (χ1v) is 8.96. The van der Waals surface area contributed by atoms with Crippen LogP contribution in [0.25, 0.3) is 16.3 Å². The molecule has 1 nitrogen and oxygen atoms in total. The summed E-state index contributed by atoms with van der Waals surface area (Å²) in [6, 6.07) is 19.5. The summed E-state index contributed by atoms with van der Waals surface area (Å²) in [6.07, 6.45) is 4.08.